The molecule has 1 aromatic rings. The molecule has 200 valence electrons. The molecule has 0 heterocycles. The van der Waals surface area contributed by atoms with Gasteiger partial charge in [-0.2, -0.15) is 0 Å². The van der Waals surface area contributed by atoms with Crippen molar-refractivity contribution in [3.8, 4) is 5.75 Å². The molecule has 0 aliphatic rings. The molecule has 0 amide bonds. The van der Waals surface area contributed by atoms with Gasteiger partial charge in [-0.3, -0.25) is 4.79 Å². The summed E-state index contributed by atoms with van der Waals surface area (Å²) < 4.78 is 19.3. The molecule has 8 atom stereocenters. The van der Waals surface area contributed by atoms with Gasteiger partial charge in [-0.1, -0.05) is 75.4 Å². The van der Waals surface area contributed by atoms with Crippen LogP contribution in [0, 0.1) is 29.6 Å². The van der Waals surface area contributed by atoms with Crippen molar-refractivity contribution in [3.05, 3.63) is 40.0 Å². The summed E-state index contributed by atoms with van der Waals surface area (Å²) in [6.45, 7) is 12.2. The number of aliphatic hydroxyl groups is 2. The quantitative estimate of drug-likeness (QED) is 0.184. The monoisotopic (exact) mass is 604 g/mol. The topological polar surface area (TPSA) is 85.2 Å². The van der Waals surface area contributed by atoms with Gasteiger partial charge in [0, 0.05) is 18.4 Å². The van der Waals surface area contributed by atoms with E-state index in [9.17, 15) is 15.0 Å². The number of ether oxygens (including phenoxy) is 3. The van der Waals surface area contributed by atoms with Crippen molar-refractivity contribution in [2.75, 3.05) is 13.7 Å². The van der Waals surface area contributed by atoms with E-state index in [4.69, 9.17) is 14.2 Å². The Morgan fingerprint density at radius 1 is 1.11 bits per heavy atom. The van der Waals surface area contributed by atoms with Gasteiger partial charge in [0.05, 0.1) is 31.8 Å². The molecule has 0 unspecified atom stereocenters. The van der Waals surface area contributed by atoms with Crippen LogP contribution in [0.3, 0.4) is 0 Å². The molecule has 0 aromatic heterocycles. The third-order valence-electron chi connectivity index (χ3n) is 6.82. The van der Waals surface area contributed by atoms with E-state index in [1.165, 1.54) is 0 Å². The first-order chi connectivity index (χ1) is 16.6. The number of aliphatic hydroxyl groups excluding tert-OH is 2. The average Bonchev–Trinajstić information content (AvgIpc) is 2.86. The molecule has 35 heavy (non-hydrogen) atoms. The smallest absolute Gasteiger partial charge is 0.311 e. The van der Waals surface area contributed by atoms with E-state index in [0.717, 1.165) is 17.7 Å². The maximum atomic E-state index is 12.9. The lowest BCUT2D eigenvalue weighted by molar-refractivity contribution is -0.163. The minimum atomic E-state index is -0.928. The van der Waals surface area contributed by atoms with Crippen molar-refractivity contribution in [2.24, 2.45) is 29.6 Å². The van der Waals surface area contributed by atoms with E-state index in [1.807, 2.05) is 62.1 Å². The lowest BCUT2D eigenvalue weighted by atomic mass is 9.81. The number of methoxy groups -OCH3 is 1. The van der Waals surface area contributed by atoms with E-state index < -0.39 is 18.0 Å². The molecule has 1 aromatic carbocycles. The number of carbonyl (C=O) groups is 1. The zero-order valence-corrected chi connectivity index (χ0v) is 24.5. The maximum absolute atomic E-state index is 12.9. The number of benzene rings is 1. The summed E-state index contributed by atoms with van der Waals surface area (Å²) in [4.78, 5) is 12.9. The second-order valence-corrected chi connectivity index (χ2v) is 10.5. The van der Waals surface area contributed by atoms with Crippen molar-refractivity contribution in [2.45, 2.75) is 79.3 Å². The van der Waals surface area contributed by atoms with Crippen LogP contribution in [-0.2, 0) is 20.9 Å². The van der Waals surface area contributed by atoms with Gasteiger partial charge in [-0.25, -0.2) is 0 Å². The molecule has 7 heteroatoms. The van der Waals surface area contributed by atoms with Crippen LogP contribution in [-0.4, -0.2) is 48.2 Å². The summed E-state index contributed by atoms with van der Waals surface area (Å²) in [5, 5.41) is 20.8. The Kier molecular flexibility index (Phi) is 15.1. The first-order valence-electron chi connectivity index (χ1n) is 12.6. The van der Waals surface area contributed by atoms with Crippen LogP contribution in [0.5, 0.6) is 5.75 Å². The molecule has 2 N–H and O–H groups in total. The molecule has 0 bridgehead atoms. The molecular formula is C28H45IO6. The molecule has 0 aliphatic heterocycles. The average molecular weight is 605 g/mol. The molecule has 0 fully saturated rings. The summed E-state index contributed by atoms with van der Waals surface area (Å²) in [5.41, 5.74) is 0.996. The minimum absolute atomic E-state index is 0.0699. The number of esters is 1. The fourth-order valence-electron chi connectivity index (χ4n) is 4.44. The highest BCUT2D eigenvalue weighted by molar-refractivity contribution is 14.1. The maximum Gasteiger partial charge on any atom is 0.311 e. The van der Waals surface area contributed by atoms with Crippen molar-refractivity contribution >= 4 is 28.6 Å². The zero-order chi connectivity index (χ0) is 26.5. The van der Waals surface area contributed by atoms with Crippen molar-refractivity contribution < 1.29 is 29.2 Å². The van der Waals surface area contributed by atoms with Crippen LogP contribution >= 0.6 is 22.6 Å². The Bertz CT molecular complexity index is 752. The van der Waals surface area contributed by atoms with E-state index in [2.05, 4.69) is 29.5 Å². The van der Waals surface area contributed by atoms with E-state index >= 15 is 0 Å². The lowest BCUT2D eigenvalue weighted by Crippen LogP contribution is -2.43. The van der Waals surface area contributed by atoms with Crippen molar-refractivity contribution in [3.63, 3.8) is 0 Å². The second-order valence-electron chi connectivity index (χ2n) is 9.82. The van der Waals surface area contributed by atoms with Gasteiger partial charge in [-0.15, -0.1) is 0 Å². The Morgan fingerprint density at radius 2 is 1.74 bits per heavy atom. The molecule has 1 rings (SSSR count). The highest BCUT2D eigenvalue weighted by Crippen LogP contribution is 2.30. The van der Waals surface area contributed by atoms with Crippen molar-refractivity contribution in [1.82, 2.24) is 0 Å². The highest BCUT2D eigenvalue weighted by Gasteiger charge is 2.37. The van der Waals surface area contributed by atoms with E-state index in [1.54, 1.807) is 14.0 Å². The fourth-order valence-corrected chi connectivity index (χ4v) is 5.09. The van der Waals surface area contributed by atoms with E-state index in [0.29, 0.717) is 13.0 Å². The van der Waals surface area contributed by atoms with Crippen LogP contribution in [0.1, 0.15) is 59.9 Å². The lowest BCUT2D eigenvalue weighted by Gasteiger charge is -2.35. The summed E-state index contributed by atoms with van der Waals surface area (Å²) in [5.74, 6) is -0.339. The van der Waals surface area contributed by atoms with Gasteiger partial charge in [0.15, 0.2) is 0 Å². The summed E-state index contributed by atoms with van der Waals surface area (Å²) in [7, 11) is 1.63. The van der Waals surface area contributed by atoms with Crippen LogP contribution in [0.4, 0.5) is 0 Å². The standard InChI is InChI=1S/C28H45IO6/c1-8-25(19(3)13-14-29)35-28(32)22(6)26(31)21(5)27(20(4)15-18(2)16-30)34-17-23-9-11-24(33-7)12-10-23/h9-14,18-22,25-27,30-31H,8,15-17H2,1-7H3/b14-13+/t18-,19-,20+,21+,22-,25-,26+,27+/m1/s1. The Labute approximate surface area is 225 Å². The molecule has 0 spiro atoms. The van der Waals surface area contributed by atoms with Gasteiger partial charge >= 0.3 is 5.97 Å². The minimum Gasteiger partial charge on any atom is -0.497 e. The summed E-state index contributed by atoms with van der Waals surface area (Å²) in [6.07, 6.45) is 2.00. The Balaban J connectivity index is 2.97. The van der Waals surface area contributed by atoms with Gasteiger partial charge in [-0.05, 0) is 53.4 Å². The summed E-state index contributed by atoms with van der Waals surface area (Å²) >= 11 is 2.16. The van der Waals surface area contributed by atoms with Gasteiger partial charge in [0.2, 0.25) is 0 Å². The first-order valence-corrected chi connectivity index (χ1v) is 13.8. The van der Waals surface area contributed by atoms with Gasteiger partial charge in [0.25, 0.3) is 0 Å². The normalized spacial score (nSPS) is 18.8. The molecule has 0 saturated carbocycles. The largest absolute Gasteiger partial charge is 0.497 e. The van der Waals surface area contributed by atoms with Crippen LogP contribution < -0.4 is 4.74 Å². The zero-order valence-electron chi connectivity index (χ0n) is 22.3. The first kappa shape index (κ1) is 31.9. The van der Waals surface area contributed by atoms with E-state index in [-0.39, 0.29) is 42.5 Å². The number of halogens is 1. The fraction of sp³-hybridized carbons (Fsp3) is 0.679. The number of carbonyl (C=O) groups excluding carboxylic acids is 1. The third-order valence-corrected chi connectivity index (χ3v) is 7.24. The molecule has 0 aliphatic carbocycles. The number of rotatable bonds is 16. The predicted octanol–water partition coefficient (Wildman–Crippen LogP) is 5.77. The van der Waals surface area contributed by atoms with Crippen LogP contribution in [0.15, 0.2) is 34.4 Å². The third kappa shape index (κ3) is 10.4. The molecule has 0 radical (unpaired) electrons. The van der Waals surface area contributed by atoms with Crippen LogP contribution in [0.25, 0.3) is 0 Å². The van der Waals surface area contributed by atoms with Gasteiger partial charge < -0.3 is 24.4 Å². The molecule has 6 nitrogen and oxygen atoms in total. The second kappa shape index (κ2) is 16.6. The molecule has 0 saturated heterocycles. The predicted molar refractivity (Wildman–Crippen MR) is 148 cm³/mol. The number of hydrogen-bond donors (Lipinski definition) is 2. The van der Waals surface area contributed by atoms with Gasteiger partial charge in [0.1, 0.15) is 11.9 Å². The molecular weight excluding hydrogens is 559 g/mol. The van der Waals surface area contributed by atoms with Crippen molar-refractivity contribution in [1.29, 1.82) is 0 Å². The van der Waals surface area contributed by atoms with Crippen LogP contribution in [0.2, 0.25) is 0 Å². The number of hydrogen-bond acceptors (Lipinski definition) is 6. The Hall–Kier alpha value is -1.16. The SMILES string of the molecule is CC[C@@H](OC(=O)[C@H](C)[C@@H](O)[C@H](C)[C@@H](OCc1ccc(OC)cc1)[C@@H](C)C[C@@H](C)CO)[C@H](C)/C=C/I. The Morgan fingerprint density at radius 3 is 2.26 bits per heavy atom. The highest BCUT2D eigenvalue weighted by atomic mass is 127. The summed E-state index contributed by atoms with van der Waals surface area (Å²) in [6, 6.07) is 7.68.